The van der Waals surface area contributed by atoms with Gasteiger partial charge >= 0.3 is 5.97 Å². The number of hydrogen-bond donors (Lipinski definition) is 4. The van der Waals surface area contributed by atoms with Crippen molar-refractivity contribution in [3.05, 3.63) is 74.8 Å². The van der Waals surface area contributed by atoms with Crippen LogP contribution in [0.3, 0.4) is 0 Å². The number of rotatable bonds is 8. The highest BCUT2D eigenvalue weighted by Crippen LogP contribution is 2.36. The van der Waals surface area contributed by atoms with Gasteiger partial charge in [-0.2, -0.15) is 0 Å². The summed E-state index contributed by atoms with van der Waals surface area (Å²) in [6, 6.07) is 7.81. The van der Waals surface area contributed by atoms with Crippen LogP contribution in [0.15, 0.2) is 52.7 Å². The molecule has 2 aromatic carbocycles. The normalized spacial score (nSPS) is 15.2. The number of benzene rings is 2. The molecule has 1 atom stereocenters. The van der Waals surface area contributed by atoms with E-state index in [0.717, 1.165) is 40.9 Å². The van der Waals surface area contributed by atoms with Gasteiger partial charge in [-0.3, -0.25) is 14.5 Å². The Balaban J connectivity index is 1.45. The van der Waals surface area contributed by atoms with Crippen LogP contribution in [0.1, 0.15) is 21.7 Å². The van der Waals surface area contributed by atoms with E-state index < -0.39 is 47.8 Å². The van der Waals surface area contributed by atoms with E-state index in [1.165, 1.54) is 23.5 Å². The zero-order valence-corrected chi connectivity index (χ0v) is 21.6. The fourth-order valence-electron chi connectivity index (χ4n) is 3.63. The summed E-state index contributed by atoms with van der Waals surface area (Å²) in [5.41, 5.74) is 0.921. The first-order chi connectivity index (χ1) is 18.1. The number of hydrogen-bond acceptors (Lipinski definition) is 8. The van der Waals surface area contributed by atoms with Gasteiger partial charge < -0.3 is 20.6 Å². The summed E-state index contributed by atoms with van der Waals surface area (Å²) < 4.78 is 27.0. The van der Waals surface area contributed by atoms with E-state index in [2.05, 4.69) is 5.32 Å². The first kappa shape index (κ1) is 27.4. The minimum atomic E-state index is -1.33. The lowest BCUT2D eigenvalue weighted by Crippen LogP contribution is -2.43. The van der Waals surface area contributed by atoms with Crippen LogP contribution in [0.5, 0.6) is 5.75 Å². The van der Waals surface area contributed by atoms with Gasteiger partial charge in [0.25, 0.3) is 5.91 Å². The number of carbonyl (C=O) groups is 3. The maximum Gasteiger partial charge on any atom is 0.339 e. The maximum atomic E-state index is 13.6. The van der Waals surface area contributed by atoms with Gasteiger partial charge in [0.05, 0.1) is 24.0 Å². The van der Waals surface area contributed by atoms with Crippen molar-refractivity contribution in [2.24, 2.45) is 0 Å². The van der Waals surface area contributed by atoms with Crippen molar-refractivity contribution in [3.63, 3.8) is 0 Å². The molecule has 4 rings (SSSR count). The van der Waals surface area contributed by atoms with Gasteiger partial charge in [0.15, 0.2) is 11.6 Å². The smallest absolute Gasteiger partial charge is 0.339 e. The van der Waals surface area contributed by atoms with Crippen LogP contribution in [-0.4, -0.2) is 55.0 Å². The summed E-state index contributed by atoms with van der Waals surface area (Å²) in [7, 11) is 0. The molecule has 0 aliphatic carbocycles. The van der Waals surface area contributed by atoms with Crippen LogP contribution >= 0.6 is 35.3 Å². The lowest BCUT2D eigenvalue weighted by molar-refractivity contribution is -0.125. The molecule has 0 saturated carbocycles. The van der Waals surface area contributed by atoms with Crippen molar-refractivity contribution >= 4 is 69.2 Å². The molecule has 0 unspecified atom stereocenters. The van der Waals surface area contributed by atoms with E-state index in [9.17, 15) is 33.4 Å². The number of halogens is 2. The zero-order valence-electron chi connectivity index (χ0n) is 19.2. The van der Waals surface area contributed by atoms with E-state index in [1.807, 2.05) is 0 Å². The molecule has 1 aliphatic rings. The number of nitrogens with one attached hydrogen (secondary N) is 1. The van der Waals surface area contributed by atoms with Gasteiger partial charge in [-0.25, -0.2) is 13.6 Å². The van der Waals surface area contributed by atoms with Crippen LogP contribution < -0.4 is 5.32 Å². The van der Waals surface area contributed by atoms with E-state index in [4.69, 9.17) is 17.3 Å². The van der Waals surface area contributed by atoms with Gasteiger partial charge in [0.1, 0.15) is 15.6 Å². The molecular formula is C25H18F2N2O6S3. The Morgan fingerprint density at radius 1 is 1.11 bits per heavy atom. The molecule has 8 nitrogen and oxygen atoms in total. The number of anilines is 1. The number of carboxylic acids is 1. The van der Waals surface area contributed by atoms with Crippen molar-refractivity contribution in [3.8, 4) is 16.9 Å². The third kappa shape index (κ3) is 5.91. The number of carbonyl (C=O) groups excluding carboxylic acids is 2. The topological polar surface area (TPSA) is 127 Å². The molecule has 1 saturated heterocycles. The summed E-state index contributed by atoms with van der Waals surface area (Å²) in [6.07, 6.45) is 1.27. The third-order valence-electron chi connectivity index (χ3n) is 5.48. The maximum absolute atomic E-state index is 13.6. The summed E-state index contributed by atoms with van der Waals surface area (Å²) in [5, 5.41) is 32.9. The fourth-order valence-corrected chi connectivity index (χ4v) is 5.95. The summed E-state index contributed by atoms with van der Waals surface area (Å²) >= 11 is 7.61. The Hall–Kier alpha value is -3.65. The number of amides is 2. The van der Waals surface area contributed by atoms with E-state index in [0.29, 0.717) is 16.0 Å². The molecule has 1 fully saturated rings. The molecule has 13 heteroatoms. The molecule has 0 radical (unpaired) electrons. The molecule has 2 amide bonds. The summed E-state index contributed by atoms with van der Waals surface area (Å²) in [5.74, 6) is -4.88. The Kier molecular flexibility index (Phi) is 8.21. The number of thiocarbonyl (C=S) groups is 1. The lowest BCUT2D eigenvalue weighted by atomic mass is 10.1. The Bertz CT molecular complexity index is 1490. The number of carboxylic acid groups (broad SMARTS) is 1. The Morgan fingerprint density at radius 3 is 2.53 bits per heavy atom. The second kappa shape index (κ2) is 11.4. The average molecular weight is 577 g/mol. The van der Waals surface area contributed by atoms with Gasteiger partial charge in [0.2, 0.25) is 5.91 Å². The van der Waals surface area contributed by atoms with Gasteiger partial charge in [-0.15, -0.1) is 11.3 Å². The zero-order chi connectivity index (χ0) is 27.6. The quantitative estimate of drug-likeness (QED) is 0.225. The average Bonchev–Trinajstić information content (AvgIpc) is 3.43. The minimum Gasteiger partial charge on any atom is -0.507 e. The molecule has 38 heavy (non-hydrogen) atoms. The predicted molar refractivity (Wildman–Crippen MR) is 144 cm³/mol. The number of aliphatic hydroxyl groups excluding tert-OH is 1. The van der Waals surface area contributed by atoms with Crippen molar-refractivity contribution in [2.75, 3.05) is 11.9 Å². The van der Waals surface area contributed by atoms with Gasteiger partial charge in [0, 0.05) is 16.6 Å². The molecule has 2 heterocycles. The third-order valence-corrected chi connectivity index (χ3v) is 7.69. The van der Waals surface area contributed by atoms with Crippen LogP contribution in [0.2, 0.25) is 0 Å². The first-order valence-corrected chi connectivity index (χ1v) is 13.0. The molecule has 3 aromatic rings. The number of aliphatic hydroxyl groups is 1. The highest BCUT2D eigenvalue weighted by Gasteiger charge is 2.38. The molecule has 0 bridgehead atoms. The van der Waals surface area contributed by atoms with Gasteiger partial charge in [-0.1, -0.05) is 30.0 Å². The Morgan fingerprint density at radius 2 is 1.87 bits per heavy atom. The van der Waals surface area contributed by atoms with E-state index in [1.54, 1.807) is 17.5 Å². The molecule has 1 aromatic heterocycles. The van der Waals surface area contributed by atoms with Crippen LogP contribution in [0.4, 0.5) is 14.5 Å². The first-order valence-electron chi connectivity index (χ1n) is 10.9. The largest absolute Gasteiger partial charge is 0.507 e. The number of thioether (sulfide) groups is 1. The monoisotopic (exact) mass is 576 g/mol. The van der Waals surface area contributed by atoms with Gasteiger partial charge in [-0.05, 0) is 52.9 Å². The summed E-state index contributed by atoms with van der Waals surface area (Å²) in [6.45, 7) is -0.560. The molecule has 196 valence electrons. The molecular weight excluding hydrogens is 558 g/mol. The van der Waals surface area contributed by atoms with E-state index >= 15 is 0 Å². The molecule has 1 aliphatic heterocycles. The molecule has 4 N–H and O–H groups in total. The standard InChI is InChI=1S/C25H18F2N2O6S3/c26-18-4-1-12(6-19(18)27)13-5-16(37-11-13)9-21-23(33)29(25(36)38-21)15(10-30)8-22(32)28-14-2-3-17(24(34)35)20(31)7-14/h1-7,9,11,15,30-31H,8,10H2,(H,28,32)(H,34,35)/t15-/m1/s1. The number of aromatic hydroxyl groups is 1. The van der Waals surface area contributed by atoms with Crippen molar-refractivity contribution in [2.45, 2.75) is 12.5 Å². The van der Waals surface area contributed by atoms with Crippen LogP contribution in [0, 0.1) is 11.6 Å². The Labute approximate surface area is 228 Å². The molecule has 0 spiro atoms. The number of thiophene rings is 1. The predicted octanol–water partition coefficient (Wildman–Crippen LogP) is 4.69. The van der Waals surface area contributed by atoms with Crippen molar-refractivity contribution in [1.82, 2.24) is 4.90 Å². The number of phenols is 1. The van der Waals surface area contributed by atoms with Crippen LogP contribution in [0.25, 0.3) is 17.2 Å². The second-order valence-electron chi connectivity index (χ2n) is 8.04. The van der Waals surface area contributed by atoms with Crippen molar-refractivity contribution in [1.29, 1.82) is 0 Å². The minimum absolute atomic E-state index is 0.133. The number of aromatic carboxylic acids is 1. The highest BCUT2D eigenvalue weighted by atomic mass is 32.2. The highest BCUT2D eigenvalue weighted by molar-refractivity contribution is 8.26. The van der Waals surface area contributed by atoms with Crippen molar-refractivity contribution < 1.29 is 38.5 Å². The SMILES string of the molecule is O=C(C[C@H](CO)N1C(=O)C(=Cc2cc(-c3ccc(F)c(F)c3)cs2)SC1=S)Nc1ccc(C(=O)O)c(O)c1. The van der Waals surface area contributed by atoms with Crippen LogP contribution in [-0.2, 0) is 9.59 Å². The number of nitrogens with zero attached hydrogens (tertiary/aromatic N) is 1. The lowest BCUT2D eigenvalue weighted by Gasteiger charge is -2.24. The second-order valence-corrected chi connectivity index (χ2v) is 10.7. The summed E-state index contributed by atoms with van der Waals surface area (Å²) in [4.78, 5) is 38.8. The van der Waals surface area contributed by atoms with E-state index in [-0.39, 0.29) is 26.9 Å². The fraction of sp³-hybridized carbons (Fsp3) is 0.120.